The largest absolute Gasteiger partial charge is 0.457 e. The Balaban J connectivity index is 1.62. The van der Waals surface area contributed by atoms with E-state index in [1.54, 1.807) is 18.2 Å². The monoisotopic (exact) mass is 362 g/mol. The van der Waals surface area contributed by atoms with Gasteiger partial charge < -0.3 is 20.8 Å². The third-order valence-electron chi connectivity index (χ3n) is 3.91. The van der Waals surface area contributed by atoms with Gasteiger partial charge >= 0.3 is 6.03 Å². The van der Waals surface area contributed by atoms with E-state index in [0.29, 0.717) is 23.7 Å². The number of carbonyl (C=O) groups excluding carboxylic acids is 1. The first kappa shape index (κ1) is 18.3. The van der Waals surface area contributed by atoms with Crippen molar-refractivity contribution in [2.45, 2.75) is 13.5 Å². The molecule has 6 nitrogen and oxygen atoms in total. The molecule has 138 valence electrons. The van der Waals surface area contributed by atoms with Gasteiger partial charge in [-0.15, -0.1) is 0 Å². The van der Waals surface area contributed by atoms with Crippen LogP contribution in [0.3, 0.4) is 0 Å². The van der Waals surface area contributed by atoms with Crippen molar-refractivity contribution in [2.75, 3.05) is 10.7 Å². The molecule has 3 aromatic rings. The average molecular weight is 362 g/mol. The second-order valence-electron chi connectivity index (χ2n) is 6.06. The summed E-state index contributed by atoms with van der Waals surface area (Å²) in [5.74, 6) is 6.92. The van der Waals surface area contributed by atoms with E-state index in [9.17, 15) is 4.79 Å². The summed E-state index contributed by atoms with van der Waals surface area (Å²) in [6.45, 7) is 2.45. The van der Waals surface area contributed by atoms with Crippen LogP contribution in [0.25, 0.3) is 0 Å². The van der Waals surface area contributed by atoms with Crippen molar-refractivity contribution < 1.29 is 9.53 Å². The number of anilines is 2. The smallest absolute Gasteiger partial charge is 0.319 e. The molecule has 0 aromatic heterocycles. The number of nitrogens with two attached hydrogens (primary N) is 1. The van der Waals surface area contributed by atoms with Crippen molar-refractivity contribution in [3.63, 3.8) is 0 Å². The van der Waals surface area contributed by atoms with Gasteiger partial charge in [-0.3, -0.25) is 5.84 Å². The van der Waals surface area contributed by atoms with Crippen LogP contribution in [0.5, 0.6) is 11.5 Å². The number of urea groups is 1. The fourth-order valence-electron chi connectivity index (χ4n) is 2.61. The van der Waals surface area contributed by atoms with Crippen LogP contribution in [0, 0.1) is 6.92 Å². The standard InChI is InChI=1S/C21H22N4O2/c1-15-6-5-7-16(12-15)14-23-21(26)24-19-11-10-18(13-20(19)25-22)27-17-8-3-2-4-9-17/h2-13,25H,14,22H2,1H3,(H2,23,24,26). The van der Waals surface area contributed by atoms with Crippen molar-refractivity contribution in [2.24, 2.45) is 5.84 Å². The molecule has 2 amide bonds. The quantitative estimate of drug-likeness (QED) is 0.387. The maximum absolute atomic E-state index is 12.2. The fraction of sp³-hybridized carbons (Fsp3) is 0.0952. The molecule has 6 heteroatoms. The maximum Gasteiger partial charge on any atom is 0.319 e. The first-order valence-electron chi connectivity index (χ1n) is 8.58. The number of hydrazine groups is 1. The number of benzene rings is 3. The van der Waals surface area contributed by atoms with Crippen LogP contribution >= 0.6 is 0 Å². The second kappa shape index (κ2) is 8.73. The molecule has 0 aliphatic heterocycles. The van der Waals surface area contributed by atoms with Crippen LogP contribution in [-0.4, -0.2) is 6.03 Å². The number of hydrogen-bond donors (Lipinski definition) is 4. The number of rotatable bonds is 6. The van der Waals surface area contributed by atoms with E-state index in [1.807, 2.05) is 61.5 Å². The van der Waals surface area contributed by atoms with Crippen molar-refractivity contribution in [1.82, 2.24) is 5.32 Å². The molecule has 0 spiro atoms. The third kappa shape index (κ3) is 5.23. The van der Waals surface area contributed by atoms with Gasteiger partial charge in [0.15, 0.2) is 0 Å². The lowest BCUT2D eigenvalue weighted by Gasteiger charge is -2.14. The van der Waals surface area contributed by atoms with Crippen molar-refractivity contribution in [1.29, 1.82) is 0 Å². The molecule has 3 aromatic carbocycles. The van der Waals surface area contributed by atoms with E-state index < -0.39 is 0 Å². The molecule has 0 unspecified atom stereocenters. The number of aryl methyl sites for hydroxylation is 1. The van der Waals surface area contributed by atoms with Gasteiger partial charge in [-0.2, -0.15) is 0 Å². The van der Waals surface area contributed by atoms with E-state index in [-0.39, 0.29) is 6.03 Å². The summed E-state index contributed by atoms with van der Waals surface area (Å²) in [4.78, 5) is 12.2. The first-order valence-corrected chi connectivity index (χ1v) is 8.58. The number of carbonyl (C=O) groups is 1. The molecule has 0 saturated heterocycles. The van der Waals surface area contributed by atoms with Gasteiger partial charge in [0, 0.05) is 12.6 Å². The predicted octanol–water partition coefficient (Wildman–Crippen LogP) is 4.39. The van der Waals surface area contributed by atoms with Gasteiger partial charge in [-0.05, 0) is 36.8 Å². The third-order valence-corrected chi connectivity index (χ3v) is 3.91. The molecule has 0 aliphatic rings. The van der Waals surface area contributed by atoms with Gasteiger partial charge in [0.1, 0.15) is 11.5 Å². The highest BCUT2D eigenvalue weighted by atomic mass is 16.5. The lowest BCUT2D eigenvalue weighted by Crippen LogP contribution is -2.28. The highest BCUT2D eigenvalue weighted by molar-refractivity contribution is 5.93. The van der Waals surface area contributed by atoms with Gasteiger partial charge in [-0.25, -0.2) is 4.79 Å². The number of para-hydroxylation sites is 1. The van der Waals surface area contributed by atoms with Gasteiger partial charge in [0.25, 0.3) is 0 Å². The molecule has 5 N–H and O–H groups in total. The van der Waals surface area contributed by atoms with Gasteiger partial charge in [0.05, 0.1) is 11.4 Å². The molecular weight excluding hydrogens is 340 g/mol. The van der Waals surface area contributed by atoms with Crippen molar-refractivity contribution in [3.05, 3.63) is 83.9 Å². The van der Waals surface area contributed by atoms with E-state index in [0.717, 1.165) is 16.9 Å². The Hall–Kier alpha value is -3.51. The molecule has 0 fully saturated rings. The zero-order chi connectivity index (χ0) is 19.1. The summed E-state index contributed by atoms with van der Waals surface area (Å²) < 4.78 is 5.77. The first-order chi connectivity index (χ1) is 13.1. The summed E-state index contributed by atoms with van der Waals surface area (Å²) in [5.41, 5.74) is 5.88. The minimum absolute atomic E-state index is 0.315. The Morgan fingerprint density at radius 1 is 0.926 bits per heavy atom. The van der Waals surface area contributed by atoms with Crippen LogP contribution in [0.2, 0.25) is 0 Å². The zero-order valence-electron chi connectivity index (χ0n) is 15.0. The highest BCUT2D eigenvalue weighted by Crippen LogP contribution is 2.29. The van der Waals surface area contributed by atoms with E-state index >= 15 is 0 Å². The number of nitrogens with one attached hydrogen (secondary N) is 3. The van der Waals surface area contributed by atoms with Crippen LogP contribution in [0.1, 0.15) is 11.1 Å². The minimum Gasteiger partial charge on any atom is -0.457 e. The summed E-state index contributed by atoms with van der Waals surface area (Å²) >= 11 is 0. The van der Waals surface area contributed by atoms with Gasteiger partial charge in [0.2, 0.25) is 0 Å². The van der Waals surface area contributed by atoms with Crippen molar-refractivity contribution >= 4 is 17.4 Å². The summed E-state index contributed by atoms with van der Waals surface area (Å²) in [5, 5.41) is 5.62. The van der Waals surface area contributed by atoms with Crippen molar-refractivity contribution in [3.8, 4) is 11.5 Å². The molecule has 0 aliphatic carbocycles. The molecule has 3 rings (SSSR count). The molecule has 0 heterocycles. The summed E-state index contributed by atoms with van der Waals surface area (Å²) in [6.07, 6.45) is 0. The summed E-state index contributed by atoms with van der Waals surface area (Å²) in [7, 11) is 0. The number of nitrogen functional groups attached to an aromatic ring is 1. The molecule has 0 atom stereocenters. The minimum atomic E-state index is -0.315. The normalized spacial score (nSPS) is 10.1. The molecule has 0 saturated carbocycles. The fourth-order valence-corrected chi connectivity index (χ4v) is 2.61. The Morgan fingerprint density at radius 3 is 2.48 bits per heavy atom. The average Bonchev–Trinajstić information content (AvgIpc) is 2.68. The molecule has 0 bridgehead atoms. The highest BCUT2D eigenvalue weighted by Gasteiger charge is 2.08. The maximum atomic E-state index is 12.2. The summed E-state index contributed by atoms with van der Waals surface area (Å²) in [6, 6.07) is 22.3. The Kier molecular flexibility index (Phi) is 5.91. The van der Waals surface area contributed by atoms with Crippen LogP contribution in [-0.2, 0) is 6.54 Å². The lowest BCUT2D eigenvalue weighted by atomic mass is 10.1. The number of hydrogen-bond acceptors (Lipinski definition) is 4. The predicted molar refractivity (Wildman–Crippen MR) is 108 cm³/mol. The Morgan fingerprint density at radius 2 is 1.74 bits per heavy atom. The topological polar surface area (TPSA) is 88.4 Å². The van der Waals surface area contributed by atoms with Crippen LogP contribution < -0.4 is 26.6 Å². The second-order valence-corrected chi connectivity index (χ2v) is 6.06. The Labute approximate surface area is 158 Å². The van der Waals surface area contributed by atoms with E-state index in [4.69, 9.17) is 10.6 Å². The van der Waals surface area contributed by atoms with Crippen LogP contribution in [0.4, 0.5) is 16.2 Å². The molecule has 27 heavy (non-hydrogen) atoms. The Bertz CT molecular complexity index is 913. The number of amides is 2. The zero-order valence-corrected chi connectivity index (χ0v) is 15.0. The van der Waals surface area contributed by atoms with E-state index in [2.05, 4.69) is 16.1 Å². The van der Waals surface area contributed by atoms with Gasteiger partial charge in [-0.1, -0.05) is 48.0 Å². The number of ether oxygens (including phenoxy) is 1. The van der Waals surface area contributed by atoms with Crippen LogP contribution in [0.15, 0.2) is 72.8 Å². The lowest BCUT2D eigenvalue weighted by molar-refractivity contribution is 0.251. The molecule has 0 radical (unpaired) electrons. The molecular formula is C21H22N4O2. The SMILES string of the molecule is Cc1cccc(CNC(=O)Nc2ccc(Oc3ccccc3)cc2NN)c1. The van der Waals surface area contributed by atoms with E-state index in [1.165, 1.54) is 0 Å².